The van der Waals surface area contributed by atoms with E-state index in [0.717, 1.165) is 32.6 Å². The number of benzene rings is 2. The first kappa shape index (κ1) is 15.9. The first-order chi connectivity index (χ1) is 12.3. The zero-order valence-corrected chi connectivity index (χ0v) is 14.5. The van der Waals surface area contributed by atoms with Crippen molar-refractivity contribution in [2.45, 2.75) is 18.8 Å². The molecule has 0 aromatic heterocycles. The molecule has 2 aromatic rings. The van der Waals surface area contributed by atoms with Crippen LogP contribution in [0.5, 0.6) is 0 Å². The van der Waals surface area contributed by atoms with Gasteiger partial charge in [0, 0.05) is 50.1 Å². The first-order valence-electron chi connectivity index (χ1n) is 9.13. The van der Waals surface area contributed by atoms with Crippen molar-refractivity contribution in [2.75, 3.05) is 31.1 Å². The van der Waals surface area contributed by atoms with Gasteiger partial charge in [-0.15, -0.1) is 0 Å². The number of carbonyl (C=O) groups is 1. The van der Waals surface area contributed by atoms with Crippen molar-refractivity contribution in [1.29, 1.82) is 0 Å². The molecule has 0 unspecified atom stereocenters. The van der Waals surface area contributed by atoms with Crippen LogP contribution in [0.4, 0.5) is 5.69 Å². The van der Waals surface area contributed by atoms with Gasteiger partial charge in [0.05, 0.1) is 0 Å². The highest BCUT2D eigenvalue weighted by atomic mass is 16.1. The fourth-order valence-corrected chi connectivity index (χ4v) is 3.94. The summed E-state index contributed by atoms with van der Waals surface area (Å²) in [7, 11) is 0. The highest BCUT2D eigenvalue weighted by molar-refractivity contribution is 5.92. The van der Waals surface area contributed by atoms with Gasteiger partial charge in [0.1, 0.15) is 0 Å². The number of anilines is 1. The largest absolute Gasteiger partial charge is 0.371 e. The van der Waals surface area contributed by atoms with Crippen LogP contribution in [-0.2, 0) is 4.79 Å². The summed E-state index contributed by atoms with van der Waals surface area (Å²) >= 11 is 0. The van der Waals surface area contributed by atoms with Crippen LogP contribution in [0.1, 0.15) is 24.3 Å². The molecular formula is C22H24N2O. The van der Waals surface area contributed by atoms with E-state index in [1.807, 2.05) is 12.1 Å². The Balaban J connectivity index is 1.43. The molecule has 4 rings (SSSR count). The summed E-state index contributed by atoms with van der Waals surface area (Å²) in [5.41, 5.74) is 3.79. The smallest absolute Gasteiger partial charge is 0.158 e. The minimum Gasteiger partial charge on any atom is -0.371 e. The summed E-state index contributed by atoms with van der Waals surface area (Å²) in [4.78, 5) is 17.1. The summed E-state index contributed by atoms with van der Waals surface area (Å²) in [6, 6.07) is 21.0. The maximum Gasteiger partial charge on any atom is 0.158 e. The van der Waals surface area contributed by atoms with Crippen molar-refractivity contribution >= 4 is 11.5 Å². The van der Waals surface area contributed by atoms with Crippen molar-refractivity contribution in [3.8, 4) is 0 Å². The molecule has 1 aliphatic heterocycles. The van der Waals surface area contributed by atoms with E-state index in [2.05, 4.69) is 64.4 Å². The van der Waals surface area contributed by atoms with E-state index in [-0.39, 0.29) is 5.78 Å². The van der Waals surface area contributed by atoms with Crippen LogP contribution in [0.15, 0.2) is 72.4 Å². The van der Waals surface area contributed by atoms with Crippen LogP contribution in [0.25, 0.3) is 0 Å². The van der Waals surface area contributed by atoms with Crippen LogP contribution < -0.4 is 4.90 Å². The predicted octanol–water partition coefficient (Wildman–Crippen LogP) is 3.84. The fraction of sp³-hybridized carbons (Fsp3) is 0.318. The number of para-hydroxylation sites is 1. The molecule has 3 nitrogen and oxygen atoms in total. The lowest BCUT2D eigenvalue weighted by Crippen LogP contribution is -2.46. The van der Waals surface area contributed by atoms with Crippen molar-refractivity contribution in [2.24, 2.45) is 0 Å². The maximum absolute atomic E-state index is 12.3. The van der Waals surface area contributed by atoms with Crippen LogP contribution >= 0.6 is 0 Å². The van der Waals surface area contributed by atoms with Gasteiger partial charge in [0.15, 0.2) is 5.78 Å². The highest BCUT2D eigenvalue weighted by Crippen LogP contribution is 2.33. The molecule has 2 aliphatic rings. The third-order valence-electron chi connectivity index (χ3n) is 5.31. The van der Waals surface area contributed by atoms with E-state index in [0.29, 0.717) is 12.3 Å². The topological polar surface area (TPSA) is 23.6 Å². The third-order valence-corrected chi connectivity index (χ3v) is 5.31. The van der Waals surface area contributed by atoms with Crippen LogP contribution in [-0.4, -0.2) is 36.9 Å². The standard InChI is InChI=1S/C22H24N2O/c25-22-16-19(18-7-3-1-4-8-18)15-21(17-22)24-13-11-23(12-14-24)20-9-5-2-6-10-20/h1-10,17,19H,11-16H2/t19-/m1/s1. The van der Waals surface area contributed by atoms with E-state index in [4.69, 9.17) is 0 Å². The molecule has 0 spiro atoms. The van der Waals surface area contributed by atoms with Gasteiger partial charge < -0.3 is 9.80 Å². The number of ketones is 1. The maximum atomic E-state index is 12.3. The Morgan fingerprint density at radius 3 is 2.00 bits per heavy atom. The minimum atomic E-state index is 0.264. The minimum absolute atomic E-state index is 0.264. The van der Waals surface area contributed by atoms with E-state index in [1.54, 1.807) is 0 Å². The van der Waals surface area contributed by atoms with Crippen LogP contribution in [0, 0.1) is 0 Å². The second-order valence-corrected chi connectivity index (χ2v) is 6.93. The molecule has 2 aromatic carbocycles. The summed E-state index contributed by atoms with van der Waals surface area (Å²) in [5, 5.41) is 0. The predicted molar refractivity (Wildman–Crippen MR) is 102 cm³/mol. The monoisotopic (exact) mass is 332 g/mol. The normalized spacial score (nSPS) is 21.2. The van der Waals surface area contributed by atoms with Gasteiger partial charge in [-0.2, -0.15) is 0 Å². The van der Waals surface area contributed by atoms with Gasteiger partial charge in [0.2, 0.25) is 0 Å². The van der Waals surface area contributed by atoms with E-state index >= 15 is 0 Å². The van der Waals surface area contributed by atoms with E-state index in [1.165, 1.54) is 16.9 Å². The van der Waals surface area contributed by atoms with Crippen LogP contribution in [0.3, 0.4) is 0 Å². The molecule has 3 heteroatoms. The Kier molecular flexibility index (Phi) is 4.55. The summed E-state index contributed by atoms with van der Waals surface area (Å²) in [5.74, 6) is 0.585. The molecule has 128 valence electrons. The zero-order chi connectivity index (χ0) is 17.1. The molecule has 1 saturated heterocycles. The van der Waals surface area contributed by atoms with Gasteiger partial charge >= 0.3 is 0 Å². The Morgan fingerprint density at radius 2 is 1.32 bits per heavy atom. The average Bonchev–Trinajstić information content (AvgIpc) is 2.69. The molecule has 1 fully saturated rings. The summed E-state index contributed by atoms with van der Waals surface area (Å²) in [6.07, 6.45) is 3.50. The van der Waals surface area contributed by atoms with Crippen molar-refractivity contribution < 1.29 is 4.79 Å². The zero-order valence-electron chi connectivity index (χ0n) is 14.5. The third kappa shape index (κ3) is 3.60. The molecule has 0 amide bonds. The van der Waals surface area contributed by atoms with E-state index in [9.17, 15) is 4.79 Å². The molecule has 0 bridgehead atoms. The Bertz CT molecular complexity index is 746. The number of rotatable bonds is 3. The molecule has 1 aliphatic carbocycles. The SMILES string of the molecule is O=C1C=C(N2CCN(c3ccccc3)CC2)C[C@@H](c2ccccc2)C1. The van der Waals surface area contributed by atoms with Gasteiger partial charge in [-0.3, -0.25) is 4.79 Å². The van der Waals surface area contributed by atoms with E-state index < -0.39 is 0 Å². The lowest BCUT2D eigenvalue weighted by molar-refractivity contribution is -0.115. The number of allylic oxidation sites excluding steroid dienone is 2. The number of hydrogen-bond acceptors (Lipinski definition) is 3. The average molecular weight is 332 g/mol. The quantitative estimate of drug-likeness (QED) is 0.853. The number of hydrogen-bond donors (Lipinski definition) is 0. The van der Waals surface area contributed by atoms with Crippen molar-refractivity contribution in [1.82, 2.24) is 4.90 Å². The van der Waals surface area contributed by atoms with Gasteiger partial charge in [-0.1, -0.05) is 48.5 Å². The fourth-order valence-electron chi connectivity index (χ4n) is 3.94. The number of piperazine rings is 1. The Labute approximate surface area is 149 Å². The van der Waals surface area contributed by atoms with Gasteiger partial charge in [-0.05, 0) is 30.0 Å². The molecule has 1 atom stereocenters. The molecule has 0 radical (unpaired) electrons. The van der Waals surface area contributed by atoms with Crippen molar-refractivity contribution in [3.63, 3.8) is 0 Å². The molecular weight excluding hydrogens is 308 g/mol. The van der Waals surface area contributed by atoms with Gasteiger partial charge in [0.25, 0.3) is 0 Å². The summed E-state index contributed by atoms with van der Waals surface area (Å²) < 4.78 is 0. The van der Waals surface area contributed by atoms with Gasteiger partial charge in [-0.25, -0.2) is 0 Å². The first-order valence-corrected chi connectivity index (χ1v) is 9.13. The number of carbonyl (C=O) groups excluding carboxylic acids is 1. The van der Waals surface area contributed by atoms with Crippen LogP contribution in [0.2, 0.25) is 0 Å². The lowest BCUT2D eigenvalue weighted by Gasteiger charge is -2.40. The Hall–Kier alpha value is -2.55. The molecule has 0 N–H and O–H groups in total. The second-order valence-electron chi connectivity index (χ2n) is 6.93. The second kappa shape index (κ2) is 7.14. The molecule has 0 saturated carbocycles. The molecule has 25 heavy (non-hydrogen) atoms. The lowest BCUT2D eigenvalue weighted by atomic mass is 9.85. The summed E-state index contributed by atoms with van der Waals surface area (Å²) in [6.45, 7) is 3.97. The Morgan fingerprint density at radius 1 is 0.720 bits per heavy atom. The number of nitrogens with zero attached hydrogens (tertiary/aromatic N) is 2. The highest BCUT2D eigenvalue weighted by Gasteiger charge is 2.27. The van der Waals surface area contributed by atoms with Crippen molar-refractivity contribution in [3.05, 3.63) is 78.0 Å². The molecule has 1 heterocycles.